The summed E-state index contributed by atoms with van der Waals surface area (Å²) in [6.07, 6.45) is 0.752. The van der Waals surface area contributed by atoms with E-state index in [0.717, 1.165) is 13.0 Å². The van der Waals surface area contributed by atoms with Gasteiger partial charge in [-0.05, 0) is 32.4 Å². The molecule has 0 bridgehead atoms. The lowest BCUT2D eigenvalue weighted by atomic mass is 10.2. The molecule has 1 N–H and O–H groups in total. The van der Waals surface area contributed by atoms with Crippen molar-refractivity contribution in [2.24, 2.45) is 0 Å². The van der Waals surface area contributed by atoms with E-state index in [-0.39, 0.29) is 16.9 Å². The molecule has 1 fully saturated rings. The summed E-state index contributed by atoms with van der Waals surface area (Å²) in [5.74, 6) is -0.580. The van der Waals surface area contributed by atoms with Gasteiger partial charge in [-0.2, -0.15) is 0 Å². The van der Waals surface area contributed by atoms with Gasteiger partial charge in [0.1, 0.15) is 5.82 Å². The molecule has 1 aliphatic heterocycles. The molecular formula is C15H18FN3O2. The second kappa shape index (κ2) is 5.11. The fraction of sp³-hybridized carbons (Fsp3) is 0.467. The number of likely N-dealkylation sites (tertiary alicyclic amines) is 1. The molecule has 0 aliphatic carbocycles. The number of nitrogens with one attached hydrogen (secondary N) is 1. The van der Waals surface area contributed by atoms with E-state index in [1.165, 1.54) is 16.7 Å². The van der Waals surface area contributed by atoms with Gasteiger partial charge in [-0.1, -0.05) is 6.07 Å². The largest absolute Gasteiger partial charge is 0.329 e. The first kappa shape index (κ1) is 14.0. The molecule has 1 aromatic heterocycles. The van der Waals surface area contributed by atoms with Gasteiger partial charge in [0.05, 0.1) is 16.9 Å². The summed E-state index contributed by atoms with van der Waals surface area (Å²) in [6, 6.07) is 4.48. The van der Waals surface area contributed by atoms with Crippen molar-refractivity contribution in [2.45, 2.75) is 32.4 Å². The molecule has 3 rings (SSSR count). The molecule has 5 nitrogen and oxygen atoms in total. The molecule has 0 saturated carbocycles. The first-order valence-electron chi connectivity index (χ1n) is 7.16. The van der Waals surface area contributed by atoms with Crippen LogP contribution >= 0.6 is 0 Å². The van der Waals surface area contributed by atoms with Crippen molar-refractivity contribution >= 4 is 10.9 Å². The first-order chi connectivity index (χ1) is 9.99. The normalized spacial score (nSPS) is 19.7. The zero-order valence-corrected chi connectivity index (χ0v) is 12.1. The monoisotopic (exact) mass is 291 g/mol. The zero-order chi connectivity index (χ0) is 15.1. The number of aromatic nitrogens is 2. The van der Waals surface area contributed by atoms with Gasteiger partial charge in [-0.25, -0.2) is 9.18 Å². The summed E-state index contributed by atoms with van der Waals surface area (Å²) in [5.41, 5.74) is -0.959. The summed E-state index contributed by atoms with van der Waals surface area (Å²) in [7, 11) is 0. The Kier molecular flexibility index (Phi) is 3.41. The fourth-order valence-electron chi connectivity index (χ4n) is 3.00. The highest BCUT2D eigenvalue weighted by Gasteiger charge is 2.28. The Hall–Kier alpha value is -1.95. The van der Waals surface area contributed by atoms with Gasteiger partial charge < -0.3 is 4.98 Å². The second-order valence-electron chi connectivity index (χ2n) is 5.80. The molecule has 2 heterocycles. The van der Waals surface area contributed by atoms with Crippen molar-refractivity contribution in [3.05, 3.63) is 44.9 Å². The molecule has 0 radical (unpaired) electrons. The molecule has 0 spiro atoms. The number of rotatable bonds is 2. The Morgan fingerprint density at radius 2 is 2.10 bits per heavy atom. The predicted molar refractivity (Wildman–Crippen MR) is 79.1 cm³/mol. The van der Waals surface area contributed by atoms with E-state index in [9.17, 15) is 14.0 Å². The molecule has 6 heteroatoms. The number of fused-ring (bicyclic) bond motifs is 1. The maximum atomic E-state index is 13.7. The van der Waals surface area contributed by atoms with Crippen LogP contribution in [-0.4, -0.2) is 33.6 Å². The van der Waals surface area contributed by atoms with Crippen LogP contribution in [0.3, 0.4) is 0 Å². The number of hydrogen-bond donors (Lipinski definition) is 1. The second-order valence-corrected chi connectivity index (χ2v) is 5.80. The minimum Gasteiger partial charge on any atom is -0.304 e. The van der Waals surface area contributed by atoms with E-state index in [1.54, 1.807) is 6.07 Å². The van der Waals surface area contributed by atoms with Gasteiger partial charge >= 0.3 is 5.69 Å². The van der Waals surface area contributed by atoms with E-state index < -0.39 is 17.1 Å². The Labute approximate surface area is 121 Å². The van der Waals surface area contributed by atoms with Gasteiger partial charge in [-0.3, -0.25) is 14.3 Å². The number of H-pyrrole nitrogens is 1. The third kappa shape index (κ3) is 2.29. The molecule has 1 aliphatic rings. The lowest BCUT2D eigenvalue weighted by molar-refractivity contribution is 0.263. The maximum absolute atomic E-state index is 13.7. The van der Waals surface area contributed by atoms with Crippen molar-refractivity contribution < 1.29 is 4.39 Å². The van der Waals surface area contributed by atoms with Crippen LogP contribution in [0.4, 0.5) is 4.39 Å². The van der Waals surface area contributed by atoms with Crippen LogP contribution in [-0.2, 0) is 0 Å². The Morgan fingerprint density at radius 3 is 2.76 bits per heavy atom. The summed E-state index contributed by atoms with van der Waals surface area (Å²) >= 11 is 0. The van der Waals surface area contributed by atoms with E-state index in [0.29, 0.717) is 12.6 Å². The average molecular weight is 291 g/mol. The van der Waals surface area contributed by atoms with Crippen molar-refractivity contribution in [2.75, 3.05) is 13.1 Å². The number of para-hydroxylation sites is 1. The van der Waals surface area contributed by atoms with Crippen molar-refractivity contribution in [1.82, 2.24) is 14.5 Å². The summed E-state index contributed by atoms with van der Waals surface area (Å²) in [6.45, 7) is 5.70. The van der Waals surface area contributed by atoms with E-state index in [2.05, 4.69) is 23.7 Å². The Balaban J connectivity index is 2.13. The number of aromatic amines is 1. The van der Waals surface area contributed by atoms with Crippen molar-refractivity contribution in [3.8, 4) is 0 Å². The van der Waals surface area contributed by atoms with Gasteiger partial charge in [0.2, 0.25) is 0 Å². The minimum absolute atomic E-state index is 0.0116. The molecular weight excluding hydrogens is 273 g/mol. The highest BCUT2D eigenvalue weighted by atomic mass is 19.1. The highest BCUT2D eigenvalue weighted by Crippen LogP contribution is 2.21. The minimum atomic E-state index is -0.580. The number of hydrogen-bond acceptors (Lipinski definition) is 3. The van der Waals surface area contributed by atoms with Gasteiger partial charge in [0, 0.05) is 19.1 Å². The van der Waals surface area contributed by atoms with Crippen LogP contribution in [0.25, 0.3) is 10.9 Å². The number of nitrogens with zero attached hydrogens (tertiary/aromatic N) is 2. The van der Waals surface area contributed by atoms with Crippen LogP contribution in [0.5, 0.6) is 0 Å². The summed E-state index contributed by atoms with van der Waals surface area (Å²) in [5, 5.41) is 0.220. The quantitative estimate of drug-likeness (QED) is 0.912. The fourth-order valence-corrected chi connectivity index (χ4v) is 3.00. The number of halogens is 1. The van der Waals surface area contributed by atoms with Gasteiger partial charge in [0.15, 0.2) is 0 Å². The van der Waals surface area contributed by atoms with Crippen molar-refractivity contribution in [3.63, 3.8) is 0 Å². The SMILES string of the molecule is CC(C)N1CCC(n2c(=O)[nH]c3c(F)cccc3c2=O)C1. The van der Waals surface area contributed by atoms with Crippen molar-refractivity contribution in [1.29, 1.82) is 0 Å². The lowest BCUT2D eigenvalue weighted by Gasteiger charge is -2.20. The molecule has 1 saturated heterocycles. The molecule has 0 amide bonds. The molecule has 2 aromatic rings. The highest BCUT2D eigenvalue weighted by molar-refractivity contribution is 5.77. The smallest absolute Gasteiger partial charge is 0.304 e. The van der Waals surface area contributed by atoms with E-state index >= 15 is 0 Å². The average Bonchev–Trinajstić information content (AvgIpc) is 2.90. The van der Waals surface area contributed by atoms with E-state index in [4.69, 9.17) is 0 Å². The molecule has 21 heavy (non-hydrogen) atoms. The summed E-state index contributed by atoms with van der Waals surface area (Å²) < 4.78 is 14.9. The standard InChI is InChI=1S/C15H18FN3O2/c1-9(2)18-7-6-10(8-18)19-14(20)11-4-3-5-12(16)13(11)17-15(19)21/h3-5,9-10H,6-8H2,1-2H3,(H,17,21). The van der Waals surface area contributed by atoms with Gasteiger partial charge in [-0.15, -0.1) is 0 Å². The lowest BCUT2D eigenvalue weighted by Crippen LogP contribution is -2.39. The third-order valence-corrected chi connectivity index (χ3v) is 4.20. The summed E-state index contributed by atoms with van der Waals surface area (Å²) in [4.78, 5) is 29.4. The first-order valence-corrected chi connectivity index (χ1v) is 7.16. The Morgan fingerprint density at radius 1 is 1.33 bits per heavy atom. The number of benzene rings is 1. The predicted octanol–water partition coefficient (Wildman–Crippen LogP) is 1.48. The molecule has 1 unspecified atom stereocenters. The molecule has 1 aromatic carbocycles. The van der Waals surface area contributed by atoms with E-state index in [1.807, 2.05) is 0 Å². The van der Waals surface area contributed by atoms with Crippen LogP contribution in [0.15, 0.2) is 27.8 Å². The maximum Gasteiger partial charge on any atom is 0.329 e. The van der Waals surface area contributed by atoms with Crippen LogP contribution in [0.1, 0.15) is 26.3 Å². The third-order valence-electron chi connectivity index (χ3n) is 4.20. The molecule has 1 atom stereocenters. The van der Waals surface area contributed by atoms with Crippen LogP contribution in [0, 0.1) is 5.82 Å². The topological polar surface area (TPSA) is 58.1 Å². The molecule has 112 valence electrons. The van der Waals surface area contributed by atoms with Crippen LogP contribution < -0.4 is 11.2 Å². The van der Waals surface area contributed by atoms with Crippen LogP contribution in [0.2, 0.25) is 0 Å². The van der Waals surface area contributed by atoms with Gasteiger partial charge in [0.25, 0.3) is 5.56 Å². The Bertz CT molecular complexity index is 794. The zero-order valence-electron chi connectivity index (χ0n) is 12.1.